The Labute approximate surface area is 95.5 Å². The van der Waals surface area contributed by atoms with Crippen LogP contribution in [0.1, 0.15) is 11.1 Å². The standard InChI is InChI=1S/C8H4Cl2FNO2S/c9-3-5-1-6(4-12)8(7(11)2-5)15(10,13)14/h1-2H,3H2. The summed E-state index contributed by atoms with van der Waals surface area (Å²) < 4.78 is 35.3. The van der Waals surface area contributed by atoms with Crippen molar-refractivity contribution in [1.29, 1.82) is 5.26 Å². The number of rotatable bonds is 2. The van der Waals surface area contributed by atoms with Crippen molar-refractivity contribution in [2.45, 2.75) is 10.8 Å². The van der Waals surface area contributed by atoms with Gasteiger partial charge in [-0.1, -0.05) is 0 Å². The largest absolute Gasteiger partial charge is 0.265 e. The average molecular weight is 268 g/mol. The lowest BCUT2D eigenvalue weighted by atomic mass is 10.1. The normalized spacial score (nSPS) is 11.1. The minimum atomic E-state index is -4.27. The molecular formula is C8H4Cl2FNO2S. The molecule has 3 nitrogen and oxygen atoms in total. The molecule has 0 saturated heterocycles. The third-order valence-corrected chi connectivity index (χ3v) is 3.30. The van der Waals surface area contributed by atoms with Gasteiger partial charge in [0.05, 0.1) is 5.56 Å². The predicted molar refractivity (Wildman–Crippen MR) is 53.7 cm³/mol. The van der Waals surface area contributed by atoms with Crippen LogP contribution in [0, 0.1) is 17.1 Å². The van der Waals surface area contributed by atoms with Gasteiger partial charge in [0.1, 0.15) is 16.8 Å². The zero-order valence-corrected chi connectivity index (χ0v) is 9.50. The second kappa shape index (κ2) is 4.35. The topological polar surface area (TPSA) is 57.9 Å². The minimum Gasteiger partial charge on any atom is -0.207 e. The molecule has 80 valence electrons. The minimum absolute atomic E-state index is 0.0196. The lowest BCUT2D eigenvalue weighted by Gasteiger charge is -2.03. The van der Waals surface area contributed by atoms with Crippen LogP contribution in [0.5, 0.6) is 0 Å². The van der Waals surface area contributed by atoms with Crippen LogP contribution in [0.25, 0.3) is 0 Å². The molecule has 0 saturated carbocycles. The van der Waals surface area contributed by atoms with Gasteiger partial charge in [0.15, 0.2) is 0 Å². The molecule has 7 heteroatoms. The molecular weight excluding hydrogens is 264 g/mol. The van der Waals surface area contributed by atoms with E-state index in [4.69, 9.17) is 27.5 Å². The lowest BCUT2D eigenvalue weighted by Crippen LogP contribution is -2.01. The van der Waals surface area contributed by atoms with Crippen molar-refractivity contribution < 1.29 is 12.8 Å². The average Bonchev–Trinajstić information content (AvgIpc) is 2.14. The second-order valence-electron chi connectivity index (χ2n) is 2.64. The van der Waals surface area contributed by atoms with Crippen molar-refractivity contribution in [2.75, 3.05) is 0 Å². The van der Waals surface area contributed by atoms with Crippen LogP contribution in [0.2, 0.25) is 0 Å². The summed E-state index contributed by atoms with van der Waals surface area (Å²) in [5.74, 6) is -1.09. The Morgan fingerprint density at radius 1 is 1.47 bits per heavy atom. The Hall–Kier alpha value is -0.830. The molecule has 0 spiro atoms. The Morgan fingerprint density at radius 2 is 2.07 bits per heavy atom. The fourth-order valence-corrected chi connectivity index (χ4v) is 2.34. The summed E-state index contributed by atoms with van der Waals surface area (Å²) in [6, 6.07) is 3.67. The van der Waals surface area contributed by atoms with Gasteiger partial charge >= 0.3 is 0 Å². The maximum absolute atomic E-state index is 13.3. The number of hydrogen-bond acceptors (Lipinski definition) is 3. The first kappa shape index (κ1) is 12.2. The van der Waals surface area contributed by atoms with Gasteiger partial charge in [-0.2, -0.15) is 5.26 Å². The number of halogens is 3. The third kappa shape index (κ3) is 2.59. The third-order valence-electron chi connectivity index (χ3n) is 1.62. The number of benzene rings is 1. The highest BCUT2D eigenvalue weighted by Gasteiger charge is 2.22. The van der Waals surface area contributed by atoms with E-state index in [1.807, 2.05) is 0 Å². The van der Waals surface area contributed by atoms with Gasteiger partial charge in [0.25, 0.3) is 9.05 Å². The summed E-state index contributed by atoms with van der Waals surface area (Å²) >= 11 is 5.44. The predicted octanol–water partition coefficient (Wildman–Crippen LogP) is 2.36. The molecule has 0 radical (unpaired) electrons. The van der Waals surface area contributed by atoms with Gasteiger partial charge in [0.2, 0.25) is 0 Å². The summed E-state index contributed by atoms with van der Waals surface area (Å²) in [4.78, 5) is -0.805. The smallest absolute Gasteiger partial charge is 0.207 e. The van der Waals surface area contributed by atoms with E-state index in [1.54, 1.807) is 6.07 Å². The SMILES string of the molecule is N#Cc1cc(CCl)cc(F)c1S(=O)(=O)Cl. The summed E-state index contributed by atoms with van der Waals surface area (Å²) in [5, 5.41) is 8.64. The van der Waals surface area contributed by atoms with E-state index >= 15 is 0 Å². The Bertz CT molecular complexity index is 536. The highest BCUT2D eigenvalue weighted by molar-refractivity contribution is 8.13. The van der Waals surface area contributed by atoms with E-state index in [-0.39, 0.29) is 11.4 Å². The lowest BCUT2D eigenvalue weighted by molar-refractivity contribution is 0.573. The van der Waals surface area contributed by atoms with Gasteiger partial charge in [-0.25, -0.2) is 12.8 Å². The number of nitriles is 1. The molecule has 1 aromatic carbocycles. The van der Waals surface area contributed by atoms with Gasteiger partial charge in [-0.3, -0.25) is 0 Å². The fourth-order valence-electron chi connectivity index (χ4n) is 1.06. The molecule has 1 aromatic rings. The van der Waals surface area contributed by atoms with Crippen LogP contribution < -0.4 is 0 Å². The van der Waals surface area contributed by atoms with E-state index in [2.05, 4.69) is 0 Å². The molecule has 0 atom stereocenters. The molecule has 15 heavy (non-hydrogen) atoms. The summed E-state index contributed by atoms with van der Waals surface area (Å²) in [6.07, 6.45) is 0. The van der Waals surface area contributed by atoms with Crippen molar-refractivity contribution in [1.82, 2.24) is 0 Å². The van der Waals surface area contributed by atoms with Gasteiger partial charge in [0, 0.05) is 16.6 Å². The summed E-state index contributed by atoms with van der Waals surface area (Å²) in [5.41, 5.74) is -0.0320. The van der Waals surface area contributed by atoms with Crippen molar-refractivity contribution in [3.8, 4) is 6.07 Å². The molecule has 0 aliphatic carbocycles. The van der Waals surface area contributed by atoms with Crippen molar-refractivity contribution in [2.24, 2.45) is 0 Å². The molecule has 0 heterocycles. The molecule has 0 aromatic heterocycles. The zero-order chi connectivity index (χ0) is 11.6. The van der Waals surface area contributed by atoms with Crippen LogP contribution >= 0.6 is 22.3 Å². The number of alkyl halides is 1. The van der Waals surface area contributed by atoms with E-state index in [1.165, 1.54) is 6.07 Å². The summed E-state index contributed by atoms with van der Waals surface area (Å²) in [6.45, 7) is 0. The highest BCUT2D eigenvalue weighted by atomic mass is 35.7. The molecule has 1 rings (SSSR count). The van der Waals surface area contributed by atoms with Gasteiger partial charge in [-0.05, 0) is 17.7 Å². The van der Waals surface area contributed by atoms with Gasteiger partial charge < -0.3 is 0 Å². The van der Waals surface area contributed by atoms with Crippen LogP contribution in [-0.4, -0.2) is 8.42 Å². The number of nitrogens with zero attached hydrogens (tertiary/aromatic N) is 1. The zero-order valence-electron chi connectivity index (χ0n) is 7.17. The first-order chi connectivity index (χ1) is 6.90. The maximum atomic E-state index is 13.3. The van der Waals surface area contributed by atoms with E-state index in [0.717, 1.165) is 6.07 Å². The molecule has 0 aliphatic heterocycles. The van der Waals surface area contributed by atoms with Crippen LogP contribution in [0.4, 0.5) is 4.39 Å². The van der Waals surface area contributed by atoms with Crippen molar-refractivity contribution in [3.63, 3.8) is 0 Å². The monoisotopic (exact) mass is 267 g/mol. The Morgan fingerprint density at radius 3 is 2.47 bits per heavy atom. The fraction of sp³-hybridized carbons (Fsp3) is 0.125. The Kier molecular flexibility index (Phi) is 3.55. The van der Waals surface area contributed by atoms with Crippen LogP contribution in [0.15, 0.2) is 17.0 Å². The van der Waals surface area contributed by atoms with Crippen molar-refractivity contribution in [3.05, 3.63) is 29.1 Å². The van der Waals surface area contributed by atoms with Crippen LogP contribution in [-0.2, 0) is 14.9 Å². The molecule has 0 N–H and O–H groups in total. The van der Waals surface area contributed by atoms with E-state index in [9.17, 15) is 12.8 Å². The van der Waals surface area contributed by atoms with Crippen molar-refractivity contribution >= 4 is 31.3 Å². The molecule has 0 amide bonds. The van der Waals surface area contributed by atoms with Gasteiger partial charge in [-0.15, -0.1) is 11.6 Å². The molecule has 0 unspecified atom stereocenters. The van der Waals surface area contributed by atoms with E-state index < -0.39 is 19.8 Å². The second-order valence-corrected chi connectivity index (χ2v) is 5.41. The molecule has 0 fully saturated rings. The molecule has 0 bridgehead atoms. The summed E-state index contributed by atoms with van der Waals surface area (Å²) in [7, 11) is 0.722. The quantitative estimate of drug-likeness (QED) is 0.611. The first-order valence-electron chi connectivity index (χ1n) is 3.63. The highest BCUT2D eigenvalue weighted by Crippen LogP contribution is 2.25. The maximum Gasteiger partial charge on any atom is 0.265 e. The van der Waals surface area contributed by atoms with E-state index in [0.29, 0.717) is 5.56 Å². The number of hydrogen-bond donors (Lipinski definition) is 0. The Balaban J connectivity index is 3.61. The molecule has 0 aliphatic rings. The first-order valence-corrected chi connectivity index (χ1v) is 6.47. The van der Waals surface area contributed by atoms with Crippen LogP contribution in [0.3, 0.4) is 0 Å².